The second-order valence-electron chi connectivity index (χ2n) is 7.81. The Hall–Kier alpha value is -3.03. The molecule has 2 bridgehead atoms. The number of aromatic nitrogens is 1. The second kappa shape index (κ2) is 5.75. The van der Waals surface area contributed by atoms with E-state index in [1.54, 1.807) is 18.2 Å². The van der Waals surface area contributed by atoms with Crippen LogP contribution in [-0.4, -0.2) is 35.7 Å². The van der Waals surface area contributed by atoms with E-state index in [-0.39, 0.29) is 6.42 Å². The third-order valence-electron chi connectivity index (χ3n) is 6.69. The summed E-state index contributed by atoms with van der Waals surface area (Å²) in [4.78, 5) is 4.27. The summed E-state index contributed by atoms with van der Waals surface area (Å²) >= 11 is 0. The lowest BCUT2D eigenvalue weighted by molar-refractivity contribution is -0.331. The largest absolute Gasteiger partial charge is 0.447 e. The van der Waals surface area contributed by atoms with Crippen molar-refractivity contribution in [1.29, 1.82) is 21.2 Å². The van der Waals surface area contributed by atoms with Gasteiger partial charge in [-0.05, 0) is 12.1 Å². The fourth-order valence-corrected chi connectivity index (χ4v) is 5.35. The zero-order valence-corrected chi connectivity index (χ0v) is 15.4. The van der Waals surface area contributed by atoms with Gasteiger partial charge in [-0.1, -0.05) is 6.07 Å². The Labute approximate surface area is 166 Å². The fraction of sp³-hybridized carbons (Fsp3) is 0.550. The Balaban J connectivity index is 1.73. The van der Waals surface area contributed by atoms with Gasteiger partial charge in [0.2, 0.25) is 17.1 Å². The molecule has 3 saturated heterocycles. The maximum absolute atomic E-state index is 10.3. The number of hydrogen-bond acceptors (Lipinski definition) is 9. The Morgan fingerprint density at radius 2 is 1.83 bits per heavy atom. The van der Waals surface area contributed by atoms with E-state index < -0.39 is 40.3 Å². The Bertz CT molecular complexity index is 988. The van der Waals surface area contributed by atoms with Crippen LogP contribution in [0.25, 0.3) is 0 Å². The minimum absolute atomic E-state index is 0.197. The van der Waals surface area contributed by atoms with Gasteiger partial charge in [0.25, 0.3) is 0 Å². The molecule has 4 aliphatic rings. The highest BCUT2D eigenvalue weighted by molar-refractivity contribution is 5.89. The van der Waals surface area contributed by atoms with Crippen molar-refractivity contribution in [2.24, 2.45) is 16.7 Å². The van der Waals surface area contributed by atoms with Crippen molar-refractivity contribution in [3.05, 3.63) is 30.1 Å². The minimum atomic E-state index is -2.02. The van der Waals surface area contributed by atoms with Crippen LogP contribution in [0.1, 0.15) is 31.1 Å². The van der Waals surface area contributed by atoms with Gasteiger partial charge in [0.15, 0.2) is 11.2 Å². The average Bonchev–Trinajstić information content (AvgIpc) is 3.28. The van der Waals surface area contributed by atoms with Crippen LogP contribution in [0.2, 0.25) is 0 Å². The molecule has 1 spiro atoms. The van der Waals surface area contributed by atoms with Crippen molar-refractivity contribution in [3.8, 4) is 18.2 Å². The van der Waals surface area contributed by atoms with Gasteiger partial charge in [0.05, 0.1) is 43.0 Å². The fourth-order valence-electron chi connectivity index (χ4n) is 5.35. The first-order valence-corrected chi connectivity index (χ1v) is 9.40. The van der Waals surface area contributed by atoms with Gasteiger partial charge in [-0.15, -0.1) is 0 Å². The van der Waals surface area contributed by atoms with Gasteiger partial charge < -0.3 is 18.9 Å². The van der Waals surface area contributed by atoms with E-state index in [0.29, 0.717) is 31.7 Å². The van der Waals surface area contributed by atoms with E-state index in [1.165, 1.54) is 6.20 Å². The molecule has 4 heterocycles. The molecule has 146 valence electrons. The lowest BCUT2D eigenvalue weighted by Gasteiger charge is -2.53. The van der Waals surface area contributed by atoms with Gasteiger partial charge in [-0.25, -0.2) is 0 Å². The third-order valence-corrected chi connectivity index (χ3v) is 6.69. The van der Waals surface area contributed by atoms with E-state index in [1.807, 2.05) is 12.1 Å². The van der Waals surface area contributed by atoms with E-state index in [2.05, 4.69) is 11.1 Å². The summed E-state index contributed by atoms with van der Waals surface area (Å²) in [5.41, 5.74) is -3.51. The predicted octanol–water partition coefficient (Wildman–Crippen LogP) is 1.94. The molecular weight excluding hydrogens is 374 g/mol. The smallest absolute Gasteiger partial charge is 0.218 e. The maximum Gasteiger partial charge on any atom is 0.218 e. The number of nitriles is 3. The Morgan fingerprint density at radius 1 is 1.07 bits per heavy atom. The van der Waals surface area contributed by atoms with E-state index in [4.69, 9.17) is 24.4 Å². The number of ether oxygens (including phenoxy) is 4. The normalized spacial score (nSPS) is 38.3. The molecule has 9 nitrogen and oxygen atoms in total. The van der Waals surface area contributed by atoms with Gasteiger partial charge in [-0.2, -0.15) is 15.8 Å². The standard InChI is InChI=1S/C20H17N5O4/c21-10-17(11-22)15(13-3-1-2-6-25-13)28-20-5-4-18(26-7-8-27-18)9-14(20)19(17,12-23)16(24)29-20/h1-3,6,14-15,24H,4-5,7-9H2. The lowest BCUT2D eigenvalue weighted by atomic mass is 9.51. The monoisotopic (exact) mass is 391 g/mol. The number of nitrogens with zero attached hydrogens (tertiary/aromatic N) is 4. The summed E-state index contributed by atoms with van der Waals surface area (Å²) in [7, 11) is 0. The summed E-state index contributed by atoms with van der Waals surface area (Å²) in [6.45, 7) is 0.854. The van der Waals surface area contributed by atoms with Crippen LogP contribution in [-0.2, 0) is 18.9 Å². The first-order chi connectivity index (χ1) is 14.0. The van der Waals surface area contributed by atoms with E-state index >= 15 is 0 Å². The molecule has 0 aromatic carbocycles. The van der Waals surface area contributed by atoms with Crippen LogP contribution < -0.4 is 0 Å². The molecule has 5 rings (SSSR count). The molecule has 4 atom stereocenters. The second-order valence-corrected chi connectivity index (χ2v) is 7.81. The van der Waals surface area contributed by atoms with Crippen molar-refractivity contribution in [2.45, 2.75) is 36.9 Å². The summed E-state index contributed by atoms with van der Waals surface area (Å²) in [5, 5.41) is 39.3. The summed E-state index contributed by atoms with van der Waals surface area (Å²) in [6.07, 6.45) is 1.35. The molecule has 0 amide bonds. The lowest BCUT2D eigenvalue weighted by Crippen LogP contribution is -2.63. The number of pyridine rings is 1. The molecule has 1 aromatic rings. The van der Waals surface area contributed by atoms with E-state index in [9.17, 15) is 15.8 Å². The quantitative estimate of drug-likeness (QED) is 0.764. The zero-order valence-electron chi connectivity index (χ0n) is 15.4. The van der Waals surface area contributed by atoms with Crippen molar-refractivity contribution in [2.75, 3.05) is 13.2 Å². The minimum Gasteiger partial charge on any atom is -0.447 e. The van der Waals surface area contributed by atoms with Crippen LogP contribution in [0.15, 0.2) is 24.4 Å². The third kappa shape index (κ3) is 1.96. The Morgan fingerprint density at radius 3 is 2.45 bits per heavy atom. The molecule has 1 saturated carbocycles. The van der Waals surface area contributed by atoms with Gasteiger partial charge >= 0.3 is 0 Å². The number of rotatable bonds is 1. The molecular formula is C20H17N5O4. The number of hydrogen-bond donors (Lipinski definition) is 1. The summed E-state index contributed by atoms with van der Waals surface area (Å²) in [5.74, 6) is -3.41. The highest BCUT2D eigenvalue weighted by Gasteiger charge is 2.82. The molecule has 9 heteroatoms. The predicted molar refractivity (Wildman–Crippen MR) is 93.3 cm³/mol. The summed E-state index contributed by atoms with van der Waals surface area (Å²) in [6, 6.07) is 11.3. The van der Waals surface area contributed by atoms with Crippen molar-refractivity contribution < 1.29 is 18.9 Å². The SMILES string of the molecule is N#CC1(C#N)C(c2ccccn2)OC23CCC4(CC2C1(C#N)C(=N)O3)OCCO4. The molecule has 4 fully saturated rings. The average molecular weight is 391 g/mol. The van der Waals surface area contributed by atoms with E-state index in [0.717, 1.165) is 0 Å². The topological polar surface area (TPSA) is 145 Å². The van der Waals surface area contributed by atoms with Crippen LogP contribution >= 0.6 is 0 Å². The van der Waals surface area contributed by atoms with Crippen molar-refractivity contribution in [1.82, 2.24) is 4.98 Å². The van der Waals surface area contributed by atoms with Gasteiger partial charge in [0.1, 0.15) is 6.10 Å². The number of nitrogens with one attached hydrogen (secondary N) is 1. The highest BCUT2D eigenvalue weighted by Crippen LogP contribution is 2.70. The van der Waals surface area contributed by atoms with Gasteiger partial charge in [0, 0.05) is 25.5 Å². The molecule has 3 aliphatic heterocycles. The first-order valence-electron chi connectivity index (χ1n) is 9.40. The Kier molecular flexibility index (Phi) is 3.57. The molecule has 29 heavy (non-hydrogen) atoms. The summed E-state index contributed by atoms with van der Waals surface area (Å²) < 4.78 is 23.9. The molecule has 0 radical (unpaired) electrons. The molecule has 1 aliphatic carbocycles. The highest BCUT2D eigenvalue weighted by atomic mass is 16.7. The maximum atomic E-state index is 10.3. The van der Waals surface area contributed by atoms with Crippen molar-refractivity contribution >= 4 is 5.90 Å². The van der Waals surface area contributed by atoms with Gasteiger partial charge in [-0.3, -0.25) is 10.4 Å². The van der Waals surface area contributed by atoms with Crippen LogP contribution in [0.5, 0.6) is 0 Å². The van der Waals surface area contributed by atoms with Crippen LogP contribution in [0.4, 0.5) is 0 Å². The zero-order chi connectivity index (χ0) is 20.3. The van der Waals surface area contributed by atoms with Crippen molar-refractivity contribution in [3.63, 3.8) is 0 Å². The molecule has 1 N–H and O–H groups in total. The molecule has 4 unspecified atom stereocenters. The molecule has 1 aromatic heterocycles. The van der Waals surface area contributed by atoms with Crippen LogP contribution in [0.3, 0.4) is 0 Å². The first kappa shape index (κ1) is 18.0. The van der Waals surface area contributed by atoms with Crippen LogP contribution in [0, 0.1) is 56.2 Å².